The van der Waals surface area contributed by atoms with E-state index in [2.05, 4.69) is 15.2 Å². The third kappa shape index (κ3) is 0.655. The molecule has 4 nitrogen and oxygen atoms in total. The molecular formula is C6H6N4. The summed E-state index contributed by atoms with van der Waals surface area (Å²) in [7, 11) is 1.79. The summed E-state index contributed by atoms with van der Waals surface area (Å²) in [5.41, 5.74) is 1.72. The lowest BCUT2D eigenvalue weighted by atomic mass is 10.4. The van der Waals surface area contributed by atoms with Crippen LogP contribution in [-0.2, 0) is 7.05 Å². The van der Waals surface area contributed by atoms with Crippen molar-refractivity contribution in [3.05, 3.63) is 18.5 Å². The average Bonchev–Trinajstić information content (AvgIpc) is 2.27. The number of hydrogen-bond donors (Lipinski definition) is 0. The van der Waals surface area contributed by atoms with Gasteiger partial charge in [-0.05, 0) is 6.07 Å². The standard InChI is InChI=1S/C6H6N4/c1-10-8-5-2-3-7-4-6(5)9-10/h2-4H,1H3. The Hall–Kier alpha value is -1.45. The van der Waals surface area contributed by atoms with E-state index < -0.39 is 0 Å². The van der Waals surface area contributed by atoms with Gasteiger partial charge in [-0.15, -0.1) is 0 Å². The van der Waals surface area contributed by atoms with E-state index in [1.807, 2.05) is 6.07 Å². The lowest BCUT2D eigenvalue weighted by Gasteiger charge is -1.77. The number of hydrogen-bond acceptors (Lipinski definition) is 3. The van der Waals surface area contributed by atoms with Crippen molar-refractivity contribution in [2.75, 3.05) is 0 Å². The highest BCUT2D eigenvalue weighted by Crippen LogP contribution is 2.02. The SMILES string of the molecule is Cn1nc2ccncc2n1. The van der Waals surface area contributed by atoms with E-state index in [-0.39, 0.29) is 0 Å². The first kappa shape index (κ1) is 5.34. The molecule has 0 spiro atoms. The highest BCUT2D eigenvalue weighted by Gasteiger charge is 1.95. The second kappa shape index (κ2) is 1.76. The number of pyridine rings is 1. The molecule has 0 aliphatic rings. The van der Waals surface area contributed by atoms with Gasteiger partial charge in [0, 0.05) is 13.2 Å². The monoisotopic (exact) mass is 134 g/mol. The molecule has 0 aromatic carbocycles. The maximum atomic E-state index is 4.08. The van der Waals surface area contributed by atoms with Crippen molar-refractivity contribution >= 4 is 11.0 Å². The number of rotatable bonds is 0. The first-order valence-corrected chi connectivity index (χ1v) is 2.97. The van der Waals surface area contributed by atoms with Crippen LogP contribution in [0.25, 0.3) is 11.0 Å². The second-order valence-electron chi connectivity index (χ2n) is 2.05. The first-order chi connectivity index (χ1) is 4.86. The van der Waals surface area contributed by atoms with Crippen LogP contribution in [0, 0.1) is 0 Å². The van der Waals surface area contributed by atoms with E-state index in [0.717, 1.165) is 11.0 Å². The minimum atomic E-state index is 0.838. The summed E-state index contributed by atoms with van der Waals surface area (Å²) in [5, 5.41) is 8.13. The van der Waals surface area contributed by atoms with Crippen LogP contribution < -0.4 is 0 Å². The smallest absolute Gasteiger partial charge is 0.131 e. The van der Waals surface area contributed by atoms with Gasteiger partial charge in [0.1, 0.15) is 11.0 Å². The Labute approximate surface area is 57.5 Å². The van der Waals surface area contributed by atoms with Crippen LogP contribution in [0.3, 0.4) is 0 Å². The Bertz CT molecular complexity index is 318. The van der Waals surface area contributed by atoms with Crippen LogP contribution in [0.5, 0.6) is 0 Å². The predicted molar refractivity (Wildman–Crippen MR) is 36.3 cm³/mol. The summed E-state index contributed by atoms with van der Waals surface area (Å²) in [6.45, 7) is 0. The van der Waals surface area contributed by atoms with Crippen molar-refractivity contribution in [3.63, 3.8) is 0 Å². The third-order valence-electron chi connectivity index (χ3n) is 1.28. The van der Waals surface area contributed by atoms with Crippen molar-refractivity contribution < 1.29 is 0 Å². The Kier molecular flexibility index (Phi) is 0.943. The molecule has 0 atom stereocenters. The summed E-state index contributed by atoms with van der Waals surface area (Å²) in [6, 6.07) is 1.84. The van der Waals surface area contributed by atoms with Gasteiger partial charge in [-0.2, -0.15) is 15.0 Å². The lowest BCUT2D eigenvalue weighted by Crippen LogP contribution is -1.90. The maximum absolute atomic E-state index is 4.08. The molecule has 0 N–H and O–H groups in total. The van der Waals surface area contributed by atoms with Crippen LogP contribution in [0.2, 0.25) is 0 Å². The van der Waals surface area contributed by atoms with Gasteiger partial charge in [0.05, 0.1) is 6.20 Å². The van der Waals surface area contributed by atoms with Crippen molar-refractivity contribution in [1.29, 1.82) is 0 Å². The zero-order chi connectivity index (χ0) is 6.97. The van der Waals surface area contributed by atoms with Gasteiger partial charge < -0.3 is 0 Å². The summed E-state index contributed by atoms with van der Waals surface area (Å²) >= 11 is 0. The Balaban J connectivity index is 2.88. The summed E-state index contributed by atoms with van der Waals surface area (Å²) < 4.78 is 0. The van der Waals surface area contributed by atoms with E-state index in [4.69, 9.17) is 0 Å². The molecule has 2 rings (SSSR count). The molecule has 0 aliphatic heterocycles. The normalized spacial score (nSPS) is 10.5. The molecule has 0 amide bonds. The topological polar surface area (TPSA) is 43.6 Å². The fourth-order valence-electron chi connectivity index (χ4n) is 0.875. The van der Waals surface area contributed by atoms with Crippen LogP contribution in [0.1, 0.15) is 0 Å². The largest absolute Gasteiger partial charge is 0.262 e. The van der Waals surface area contributed by atoms with E-state index in [9.17, 15) is 0 Å². The quantitative estimate of drug-likeness (QED) is 0.522. The van der Waals surface area contributed by atoms with Crippen molar-refractivity contribution in [2.24, 2.45) is 7.05 Å². The first-order valence-electron chi connectivity index (χ1n) is 2.97. The fraction of sp³-hybridized carbons (Fsp3) is 0.167. The van der Waals surface area contributed by atoms with Gasteiger partial charge in [-0.3, -0.25) is 4.98 Å². The van der Waals surface area contributed by atoms with Crippen molar-refractivity contribution in [3.8, 4) is 0 Å². The predicted octanol–water partition coefficient (Wildman–Crippen LogP) is 0.363. The number of aryl methyl sites for hydroxylation is 1. The molecule has 0 bridgehead atoms. The molecule has 10 heavy (non-hydrogen) atoms. The number of fused-ring (bicyclic) bond motifs is 1. The highest BCUT2D eigenvalue weighted by molar-refractivity contribution is 5.71. The molecule has 0 unspecified atom stereocenters. The minimum absolute atomic E-state index is 0.838. The third-order valence-corrected chi connectivity index (χ3v) is 1.28. The molecule has 0 saturated carbocycles. The lowest BCUT2D eigenvalue weighted by molar-refractivity contribution is 0.665. The molecule has 0 saturated heterocycles. The summed E-state index contributed by atoms with van der Waals surface area (Å²) in [4.78, 5) is 5.44. The van der Waals surface area contributed by atoms with Gasteiger partial charge in [0.2, 0.25) is 0 Å². The molecule has 0 aliphatic carbocycles. The molecule has 0 radical (unpaired) electrons. The maximum Gasteiger partial charge on any atom is 0.131 e. The zero-order valence-electron chi connectivity index (χ0n) is 5.52. The van der Waals surface area contributed by atoms with Gasteiger partial charge in [-0.1, -0.05) is 0 Å². The minimum Gasteiger partial charge on any atom is -0.262 e. The van der Waals surface area contributed by atoms with Crippen molar-refractivity contribution in [1.82, 2.24) is 20.0 Å². The highest BCUT2D eigenvalue weighted by atomic mass is 15.4. The second-order valence-corrected chi connectivity index (χ2v) is 2.05. The number of nitrogens with zero attached hydrogens (tertiary/aromatic N) is 4. The Morgan fingerprint density at radius 3 is 2.90 bits per heavy atom. The van der Waals surface area contributed by atoms with E-state index >= 15 is 0 Å². The Morgan fingerprint density at radius 2 is 2.10 bits per heavy atom. The van der Waals surface area contributed by atoms with Gasteiger partial charge in [0.25, 0.3) is 0 Å². The van der Waals surface area contributed by atoms with E-state index in [0.29, 0.717) is 0 Å². The zero-order valence-corrected chi connectivity index (χ0v) is 5.52. The Morgan fingerprint density at radius 1 is 1.30 bits per heavy atom. The van der Waals surface area contributed by atoms with E-state index in [1.54, 1.807) is 19.4 Å². The number of aromatic nitrogens is 4. The molecular weight excluding hydrogens is 128 g/mol. The van der Waals surface area contributed by atoms with Crippen molar-refractivity contribution in [2.45, 2.75) is 0 Å². The van der Waals surface area contributed by atoms with Gasteiger partial charge >= 0.3 is 0 Å². The van der Waals surface area contributed by atoms with E-state index in [1.165, 1.54) is 4.80 Å². The summed E-state index contributed by atoms with van der Waals surface area (Å²) in [5.74, 6) is 0. The van der Waals surface area contributed by atoms with Gasteiger partial charge in [0.15, 0.2) is 0 Å². The molecule has 2 aromatic rings. The molecule has 2 aromatic heterocycles. The molecule has 50 valence electrons. The average molecular weight is 134 g/mol. The van der Waals surface area contributed by atoms with Crippen LogP contribution in [0.15, 0.2) is 18.5 Å². The van der Waals surface area contributed by atoms with Crippen LogP contribution >= 0.6 is 0 Å². The van der Waals surface area contributed by atoms with Gasteiger partial charge in [-0.25, -0.2) is 0 Å². The summed E-state index contributed by atoms with van der Waals surface area (Å²) in [6.07, 6.45) is 3.40. The molecule has 0 fully saturated rings. The fourth-order valence-corrected chi connectivity index (χ4v) is 0.875. The molecule has 4 heteroatoms. The van der Waals surface area contributed by atoms with Crippen LogP contribution in [0.4, 0.5) is 0 Å². The molecule has 2 heterocycles. The van der Waals surface area contributed by atoms with Crippen LogP contribution in [-0.4, -0.2) is 20.0 Å².